The van der Waals surface area contributed by atoms with Gasteiger partial charge in [-0.3, -0.25) is 14.4 Å². The molecular formula is C18H22N4O. The predicted octanol–water partition coefficient (Wildman–Crippen LogP) is 2.15. The summed E-state index contributed by atoms with van der Waals surface area (Å²) in [5.74, 6) is 0.214. The fourth-order valence-electron chi connectivity index (χ4n) is 3.86. The van der Waals surface area contributed by atoms with Crippen LogP contribution in [0.25, 0.3) is 0 Å². The molecule has 0 saturated carbocycles. The van der Waals surface area contributed by atoms with Crippen molar-refractivity contribution in [3.63, 3.8) is 0 Å². The summed E-state index contributed by atoms with van der Waals surface area (Å²) in [5.41, 5.74) is 3.60. The van der Waals surface area contributed by atoms with E-state index in [9.17, 15) is 4.79 Å². The summed E-state index contributed by atoms with van der Waals surface area (Å²) in [6, 6.07) is 8.56. The van der Waals surface area contributed by atoms with Crippen molar-refractivity contribution in [1.82, 2.24) is 14.7 Å². The molecule has 0 bridgehead atoms. The van der Waals surface area contributed by atoms with Gasteiger partial charge in [-0.05, 0) is 37.4 Å². The van der Waals surface area contributed by atoms with Crippen LogP contribution in [0.2, 0.25) is 0 Å². The summed E-state index contributed by atoms with van der Waals surface area (Å²) < 4.78 is 1.84. The van der Waals surface area contributed by atoms with Crippen LogP contribution in [0.4, 0.5) is 5.69 Å². The van der Waals surface area contributed by atoms with Gasteiger partial charge in [0.25, 0.3) is 0 Å². The van der Waals surface area contributed by atoms with Crippen LogP contribution < -0.4 is 4.90 Å². The van der Waals surface area contributed by atoms with E-state index in [1.807, 2.05) is 35.0 Å². The zero-order valence-corrected chi connectivity index (χ0v) is 13.5. The van der Waals surface area contributed by atoms with E-state index in [0.717, 1.165) is 38.0 Å². The lowest BCUT2D eigenvalue weighted by Gasteiger charge is -2.26. The van der Waals surface area contributed by atoms with Gasteiger partial charge in [-0.2, -0.15) is 5.10 Å². The molecule has 0 aliphatic carbocycles. The molecule has 0 spiro atoms. The highest BCUT2D eigenvalue weighted by Crippen LogP contribution is 2.32. The number of likely N-dealkylation sites (tertiary alicyclic amines) is 1. The topological polar surface area (TPSA) is 41.4 Å². The largest absolute Gasteiger partial charge is 0.311 e. The summed E-state index contributed by atoms with van der Waals surface area (Å²) in [6.07, 6.45) is 7.21. The van der Waals surface area contributed by atoms with Crippen LogP contribution in [0.5, 0.6) is 0 Å². The zero-order chi connectivity index (χ0) is 15.8. The maximum Gasteiger partial charge on any atom is 0.241 e. The van der Waals surface area contributed by atoms with Gasteiger partial charge < -0.3 is 4.90 Å². The minimum Gasteiger partial charge on any atom is -0.311 e. The number of para-hydroxylation sites is 1. The third-order valence-electron chi connectivity index (χ3n) is 5.00. The quantitative estimate of drug-likeness (QED) is 0.872. The Morgan fingerprint density at radius 3 is 3.00 bits per heavy atom. The third-order valence-corrected chi connectivity index (χ3v) is 5.00. The van der Waals surface area contributed by atoms with E-state index in [1.165, 1.54) is 11.1 Å². The second-order valence-corrected chi connectivity index (χ2v) is 6.50. The highest BCUT2D eigenvalue weighted by Gasteiger charge is 2.31. The Morgan fingerprint density at radius 2 is 2.17 bits per heavy atom. The monoisotopic (exact) mass is 310 g/mol. The highest BCUT2D eigenvalue weighted by atomic mass is 16.2. The molecule has 2 aliphatic rings. The second-order valence-electron chi connectivity index (χ2n) is 6.50. The SMILES string of the molecule is Cn1cc([C@H]2CCCN2CC(=O)N2CCc3ccccc32)cn1. The molecule has 4 rings (SSSR count). The first kappa shape index (κ1) is 14.5. The minimum atomic E-state index is 0.214. The summed E-state index contributed by atoms with van der Waals surface area (Å²) in [7, 11) is 1.94. The first-order valence-corrected chi connectivity index (χ1v) is 8.33. The van der Waals surface area contributed by atoms with Crippen molar-refractivity contribution < 1.29 is 4.79 Å². The van der Waals surface area contributed by atoms with Gasteiger partial charge in [0.05, 0.1) is 12.7 Å². The van der Waals surface area contributed by atoms with E-state index in [1.54, 1.807) is 0 Å². The van der Waals surface area contributed by atoms with Gasteiger partial charge in [0.2, 0.25) is 5.91 Å². The molecule has 23 heavy (non-hydrogen) atoms. The van der Waals surface area contributed by atoms with Crippen LogP contribution in [0.15, 0.2) is 36.7 Å². The Morgan fingerprint density at radius 1 is 1.30 bits per heavy atom. The number of rotatable bonds is 3. The van der Waals surface area contributed by atoms with Crippen LogP contribution in [0.1, 0.15) is 30.0 Å². The van der Waals surface area contributed by atoms with Crippen molar-refractivity contribution in [2.45, 2.75) is 25.3 Å². The van der Waals surface area contributed by atoms with E-state index in [-0.39, 0.29) is 5.91 Å². The van der Waals surface area contributed by atoms with Gasteiger partial charge in [-0.25, -0.2) is 0 Å². The molecule has 120 valence electrons. The van der Waals surface area contributed by atoms with Crippen molar-refractivity contribution >= 4 is 11.6 Å². The number of benzene rings is 1. The molecule has 1 aromatic carbocycles. The average molecular weight is 310 g/mol. The molecule has 1 aromatic heterocycles. The van der Waals surface area contributed by atoms with E-state index >= 15 is 0 Å². The number of aromatic nitrogens is 2. The minimum absolute atomic E-state index is 0.214. The molecule has 0 N–H and O–H groups in total. The highest BCUT2D eigenvalue weighted by molar-refractivity contribution is 5.96. The van der Waals surface area contributed by atoms with Gasteiger partial charge >= 0.3 is 0 Å². The van der Waals surface area contributed by atoms with Crippen LogP contribution in [0.3, 0.4) is 0 Å². The van der Waals surface area contributed by atoms with E-state index in [4.69, 9.17) is 0 Å². The first-order chi connectivity index (χ1) is 11.2. The number of fused-ring (bicyclic) bond motifs is 1. The molecule has 2 aliphatic heterocycles. The lowest BCUT2D eigenvalue weighted by Crippen LogP contribution is -2.39. The maximum atomic E-state index is 12.8. The first-order valence-electron chi connectivity index (χ1n) is 8.33. The van der Waals surface area contributed by atoms with Crippen molar-refractivity contribution in [3.8, 4) is 0 Å². The number of amides is 1. The fourth-order valence-corrected chi connectivity index (χ4v) is 3.86. The lowest BCUT2D eigenvalue weighted by atomic mass is 10.1. The van der Waals surface area contributed by atoms with Gasteiger partial charge in [-0.1, -0.05) is 18.2 Å². The smallest absolute Gasteiger partial charge is 0.241 e. The number of hydrogen-bond donors (Lipinski definition) is 0. The predicted molar refractivity (Wildman–Crippen MR) is 89.3 cm³/mol. The molecular weight excluding hydrogens is 288 g/mol. The fraction of sp³-hybridized carbons (Fsp3) is 0.444. The van der Waals surface area contributed by atoms with Gasteiger partial charge in [0.15, 0.2) is 0 Å². The van der Waals surface area contributed by atoms with Crippen molar-refractivity contribution in [1.29, 1.82) is 0 Å². The van der Waals surface area contributed by atoms with Crippen molar-refractivity contribution in [2.24, 2.45) is 7.05 Å². The standard InChI is InChI=1S/C18H22N4O/c1-20-12-15(11-19-20)16-7-4-9-21(16)13-18(23)22-10-8-14-5-2-3-6-17(14)22/h2-3,5-6,11-12,16H,4,7-10,13H2,1H3/t16-/m1/s1. The van der Waals surface area contributed by atoms with Crippen molar-refractivity contribution in [2.75, 3.05) is 24.5 Å². The lowest BCUT2D eigenvalue weighted by molar-refractivity contribution is -0.119. The van der Waals surface area contributed by atoms with Crippen LogP contribution in [-0.2, 0) is 18.3 Å². The van der Waals surface area contributed by atoms with E-state index in [0.29, 0.717) is 12.6 Å². The number of anilines is 1. The van der Waals surface area contributed by atoms with E-state index in [2.05, 4.69) is 28.3 Å². The summed E-state index contributed by atoms with van der Waals surface area (Å²) in [6.45, 7) is 2.29. The van der Waals surface area contributed by atoms with Crippen LogP contribution in [0, 0.1) is 0 Å². The molecule has 0 unspecified atom stereocenters. The number of carbonyl (C=O) groups is 1. The van der Waals surface area contributed by atoms with Crippen LogP contribution in [-0.4, -0.2) is 40.2 Å². The molecule has 1 atom stereocenters. The maximum absolute atomic E-state index is 12.8. The molecule has 5 nitrogen and oxygen atoms in total. The van der Waals surface area contributed by atoms with Crippen molar-refractivity contribution in [3.05, 3.63) is 47.8 Å². The Kier molecular flexibility index (Phi) is 3.65. The summed E-state index contributed by atoms with van der Waals surface area (Å²) in [4.78, 5) is 17.1. The summed E-state index contributed by atoms with van der Waals surface area (Å²) in [5, 5.41) is 4.28. The molecule has 1 fully saturated rings. The third kappa shape index (κ3) is 2.65. The van der Waals surface area contributed by atoms with Gasteiger partial charge in [0.1, 0.15) is 0 Å². The Bertz CT molecular complexity index is 723. The normalized spacial score (nSPS) is 20.9. The molecule has 2 aromatic rings. The Labute approximate surface area is 136 Å². The Balaban J connectivity index is 1.48. The number of aryl methyl sites for hydroxylation is 1. The van der Waals surface area contributed by atoms with Crippen LogP contribution >= 0.6 is 0 Å². The molecule has 1 saturated heterocycles. The van der Waals surface area contributed by atoms with Gasteiger partial charge in [0, 0.05) is 37.1 Å². The molecule has 0 radical (unpaired) electrons. The second kappa shape index (κ2) is 5.81. The number of nitrogens with zero attached hydrogens (tertiary/aromatic N) is 4. The molecule has 3 heterocycles. The number of hydrogen-bond acceptors (Lipinski definition) is 3. The zero-order valence-electron chi connectivity index (χ0n) is 13.5. The summed E-state index contributed by atoms with van der Waals surface area (Å²) >= 11 is 0. The average Bonchev–Trinajstić information content (AvgIpc) is 3.25. The van der Waals surface area contributed by atoms with E-state index < -0.39 is 0 Å². The molecule has 5 heteroatoms. The molecule has 1 amide bonds. The Hall–Kier alpha value is -2.14. The van der Waals surface area contributed by atoms with Gasteiger partial charge in [-0.15, -0.1) is 0 Å². The number of carbonyl (C=O) groups excluding carboxylic acids is 1.